The second-order valence-corrected chi connectivity index (χ2v) is 21.9. The first-order chi connectivity index (χ1) is 10.6. The van der Waals surface area contributed by atoms with Crippen molar-refractivity contribution in [1.82, 2.24) is 4.90 Å². The van der Waals surface area contributed by atoms with Crippen LogP contribution in [-0.4, -0.2) is 48.4 Å². The first-order valence-electron chi connectivity index (χ1n) is 8.26. The molecule has 0 fully saturated rings. The Bertz CT molecular complexity index is 563. The molecule has 0 aromatic heterocycles. The van der Waals surface area contributed by atoms with E-state index in [1.165, 1.54) is 3.58 Å². The summed E-state index contributed by atoms with van der Waals surface area (Å²) in [6, 6.07) is 6.62. The van der Waals surface area contributed by atoms with Gasteiger partial charge in [0, 0.05) is 0 Å². The van der Waals surface area contributed by atoms with Crippen molar-refractivity contribution < 1.29 is 9.53 Å². The number of hydrogen-bond donors (Lipinski definition) is 0. The molecule has 1 aromatic carbocycles. The fourth-order valence-electron chi connectivity index (χ4n) is 2.77. The quantitative estimate of drug-likeness (QED) is 0.512. The van der Waals surface area contributed by atoms with Gasteiger partial charge < -0.3 is 0 Å². The molecular weight excluding hydrogens is 393 g/mol. The predicted molar refractivity (Wildman–Crippen MR) is 102 cm³/mol. The summed E-state index contributed by atoms with van der Waals surface area (Å²) in [6.45, 7) is 8.19. The molecule has 0 heterocycles. The molecule has 1 aromatic rings. The average molecular weight is 424 g/mol. The van der Waals surface area contributed by atoms with Crippen molar-refractivity contribution in [1.29, 1.82) is 0 Å². The Balaban J connectivity index is 3.07. The number of carbonyl (C=O) groups is 1. The van der Waals surface area contributed by atoms with E-state index in [4.69, 9.17) is 4.74 Å². The number of benzene rings is 1. The number of carbonyl (C=O) groups excluding carboxylic acids is 1. The second kappa shape index (κ2) is 8.22. The summed E-state index contributed by atoms with van der Waals surface area (Å²) in [5.41, 5.74) is 1.06. The normalized spacial score (nSPS) is 12.3. The van der Waals surface area contributed by atoms with Crippen LogP contribution in [0.15, 0.2) is 24.3 Å². The van der Waals surface area contributed by atoms with Crippen LogP contribution in [0.4, 0.5) is 0 Å². The van der Waals surface area contributed by atoms with Crippen molar-refractivity contribution in [3.63, 3.8) is 0 Å². The Kier molecular flexibility index (Phi) is 7.18. The van der Waals surface area contributed by atoms with E-state index in [-0.39, 0.29) is 18.0 Å². The zero-order valence-electron chi connectivity index (χ0n) is 15.8. The summed E-state index contributed by atoms with van der Waals surface area (Å²) >= 11 is -2.26. The van der Waals surface area contributed by atoms with Gasteiger partial charge in [0.2, 0.25) is 0 Å². The zero-order chi connectivity index (χ0) is 17.8. The minimum absolute atomic E-state index is 0.0617. The number of nitrogens with zero attached hydrogens (tertiary/aromatic N) is 1. The van der Waals surface area contributed by atoms with Gasteiger partial charge in [-0.2, -0.15) is 0 Å². The molecule has 0 spiro atoms. The average Bonchev–Trinajstić information content (AvgIpc) is 2.43. The van der Waals surface area contributed by atoms with Gasteiger partial charge in [0.05, 0.1) is 0 Å². The number of amides is 1. The summed E-state index contributed by atoms with van der Waals surface area (Å²) in [4.78, 5) is 21.4. The van der Waals surface area contributed by atoms with Crippen LogP contribution in [0.1, 0.15) is 33.3 Å². The Morgan fingerprint density at radius 3 is 2.13 bits per heavy atom. The fourth-order valence-corrected chi connectivity index (χ4v) is 7.12. The third-order valence-electron chi connectivity index (χ3n) is 3.82. The van der Waals surface area contributed by atoms with Crippen LogP contribution in [0.5, 0.6) is 5.75 Å². The van der Waals surface area contributed by atoms with Crippen LogP contribution in [0.2, 0.25) is 14.8 Å². The van der Waals surface area contributed by atoms with E-state index in [1.807, 2.05) is 50.8 Å². The number of rotatable bonds is 6. The number of hydrogen-bond acceptors (Lipinski definition) is 2. The van der Waals surface area contributed by atoms with Gasteiger partial charge in [0.1, 0.15) is 0 Å². The monoisotopic (exact) mass is 425 g/mol. The first kappa shape index (κ1) is 20.1. The van der Waals surface area contributed by atoms with E-state index in [0.717, 1.165) is 11.3 Å². The number of methoxy groups -OCH3 is 1. The van der Waals surface area contributed by atoms with Crippen molar-refractivity contribution >= 4 is 33.9 Å². The SMILES string of the molecule is COc1ccc(/C=C/C(=O)N(C(C)C)C(C)C)c[c]1[Sn]([CH3])([CH3])[CH3]. The number of ether oxygens (including phenoxy) is 1. The van der Waals surface area contributed by atoms with E-state index >= 15 is 0 Å². The Labute approximate surface area is 145 Å². The van der Waals surface area contributed by atoms with E-state index < -0.39 is 18.4 Å². The van der Waals surface area contributed by atoms with Crippen LogP contribution in [0, 0.1) is 0 Å². The summed E-state index contributed by atoms with van der Waals surface area (Å²) < 4.78 is 6.85. The molecule has 0 aliphatic carbocycles. The molecular formula is C19H31NO2Sn. The predicted octanol–water partition coefficient (Wildman–Crippen LogP) is 3.90. The van der Waals surface area contributed by atoms with Crippen molar-refractivity contribution in [2.45, 2.75) is 54.6 Å². The Morgan fingerprint density at radius 2 is 1.70 bits per heavy atom. The van der Waals surface area contributed by atoms with Gasteiger partial charge in [-0.25, -0.2) is 0 Å². The van der Waals surface area contributed by atoms with Gasteiger partial charge in [0.15, 0.2) is 0 Å². The molecule has 0 saturated carbocycles. The third-order valence-corrected chi connectivity index (χ3v) is 9.54. The van der Waals surface area contributed by atoms with E-state index in [2.05, 4.69) is 20.9 Å². The summed E-state index contributed by atoms with van der Waals surface area (Å²) in [6.07, 6.45) is 3.60. The van der Waals surface area contributed by atoms with Crippen molar-refractivity contribution in [2.24, 2.45) is 0 Å². The molecule has 0 unspecified atom stereocenters. The summed E-state index contributed by atoms with van der Waals surface area (Å²) in [5.74, 6) is 1.04. The van der Waals surface area contributed by atoms with Crippen LogP contribution < -0.4 is 8.32 Å². The molecule has 4 heteroatoms. The molecule has 128 valence electrons. The molecule has 0 radical (unpaired) electrons. The van der Waals surface area contributed by atoms with Crippen molar-refractivity contribution in [2.75, 3.05) is 7.11 Å². The molecule has 0 aliphatic heterocycles. The molecule has 1 amide bonds. The fraction of sp³-hybridized carbons (Fsp3) is 0.526. The van der Waals surface area contributed by atoms with Gasteiger partial charge in [-0.15, -0.1) is 0 Å². The maximum absolute atomic E-state index is 12.4. The van der Waals surface area contributed by atoms with Gasteiger partial charge in [-0.1, -0.05) is 0 Å². The van der Waals surface area contributed by atoms with Gasteiger partial charge >= 0.3 is 146 Å². The molecule has 0 bridgehead atoms. The second-order valence-electron chi connectivity index (χ2n) is 7.48. The van der Waals surface area contributed by atoms with Crippen LogP contribution in [0.25, 0.3) is 6.08 Å². The first-order valence-corrected chi connectivity index (χ1v) is 18.3. The molecule has 3 nitrogen and oxygen atoms in total. The minimum atomic E-state index is -2.26. The van der Waals surface area contributed by atoms with Crippen LogP contribution in [0.3, 0.4) is 0 Å². The molecule has 0 N–H and O–H groups in total. The van der Waals surface area contributed by atoms with Crippen molar-refractivity contribution in [3.05, 3.63) is 29.8 Å². The molecule has 0 atom stereocenters. The Hall–Kier alpha value is -0.971. The van der Waals surface area contributed by atoms with E-state index in [1.54, 1.807) is 13.2 Å². The van der Waals surface area contributed by atoms with Crippen LogP contribution >= 0.6 is 0 Å². The van der Waals surface area contributed by atoms with E-state index in [0.29, 0.717) is 0 Å². The Morgan fingerprint density at radius 1 is 1.13 bits per heavy atom. The molecule has 0 aliphatic rings. The standard InChI is InChI=1S/C16H22NO2.3CH3.Sn/c1-12(2)17(13(3)4)16(18)11-8-14-6-9-15(19-5)10-7-14;;;;/h6-9,11-13H,1-5H3;3*1H3;/b11-8+;;;;. The zero-order valence-corrected chi connectivity index (χ0v) is 18.7. The maximum atomic E-state index is 12.4. The van der Waals surface area contributed by atoms with E-state index in [9.17, 15) is 4.79 Å². The molecule has 0 saturated heterocycles. The van der Waals surface area contributed by atoms with Crippen LogP contribution in [-0.2, 0) is 4.79 Å². The molecule has 1 rings (SSSR count). The van der Waals surface area contributed by atoms with Gasteiger partial charge in [-0.05, 0) is 0 Å². The van der Waals surface area contributed by atoms with Crippen molar-refractivity contribution in [3.8, 4) is 5.75 Å². The topological polar surface area (TPSA) is 29.5 Å². The van der Waals surface area contributed by atoms with Gasteiger partial charge in [-0.3, -0.25) is 0 Å². The summed E-state index contributed by atoms with van der Waals surface area (Å²) in [7, 11) is 1.72. The summed E-state index contributed by atoms with van der Waals surface area (Å²) in [5, 5.41) is 0. The van der Waals surface area contributed by atoms with Gasteiger partial charge in [0.25, 0.3) is 0 Å². The molecule has 23 heavy (non-hydrogen) atoms. The third kappa shape index (κ3) is 5.55.